The van der Waals surface area contributed by atoms with Crippen LogP contribution < -0.4 is 3.80 Å². The first kappa shape index (κ1) is 23.2. The molecular weight excluding hydrogens is 341 g/mol. The average molecular weight is 378 g/mol. The van der Waals surface area contributed by atoms with Crippen molar-refractivity contribution < 1.29 is 9.17 Å². The number of allylic oxidation sites excluding steroid dienone is 4. The van der Waals surface area contributed by atoms with E-state index in [0.717, 1.165) is 6.42 Å². The molecule has 0 radical (unpaired) electrons. The van der Waals surface area contributed by atoms with Crippen molar-refractivity contribution in [3.8, 4) is 0 Å². The van der Waals surface area contributed by atoms with Crippen LogP contribution in [-0.2, 0) is 9.17 Å². The minimum atomic E-state index is -4.80. The Morgan fingerprint density at radius 1 is 1.00 bits per heavy atom. The fraction of sp³-hybridized carbons (Fsp3) is 0.733. The Labute approximate surface area is 131 Å². The van der Waals surface area contributed by atoms with E-state index in [1.165, 1.54) is 0 Å². The molecule has 0 heterocycles. The summed E-state index contributed by atoms with van der Waals surface area (Å²) >= 11 is 0. The van der Waals surface area contributed by atoms with Gasteiger partial charge >= 0.3 is 107 Å². The topological polar surface area (TPSA) is 12.0 Å². The van der Waals surface area contributed by atoms with E-state index >= 15 is 0 Å². The second-order valence-corrected chi connectivity index (χ2v) is 79.5. The van der Waals surface area contributed by atoms with Gasteiger partial charge in [-0.3, -0.25) is 0 Å². The Balaban J connectivity index is 0. The van der Waals surface area contributed by atoms with E-state index in [-0.39, 0.29) is 30.4 Å². The fourth-order valence-corrected chi connectivity index (χ4v) is 21.0. The summed E-state index contributed by atoms with van der Waals surface area (Å²) in [6.45, 7) is 6.82. The Morgan fingerprint density at radius 3 is 1.65 bits per heavy atom. The molecule has 5 heteroatoms. The maximum atomic E-state index is 4.18. The standard InChI is InChI=1S/C5H5.C4H10N.6CH3.2ClH.H2Si.Ti/c1-2-4-5-3-1;1-4(2,3)5;;;;;;;;;;/h1-3H,4H2;5H,1-3H3;6*1H3;2*1H;1H2;/q;-1;;;;;;;;;;+1. The van der Waals surface area contributed by atoms with Gasteiger partial charge in [0.25, 0.3) is 0 Å². The molecule has 0 spiro atoms. The molecule has 20 heavy (non-hydrogen) atoms. The third kappa shape index (κ3) is 5.00. The molecule has 1 nitrogen and oxygen atoms in total. The zero-order chi connectivity index (χ0) is 14.9. The normalized spacial score (nSPS) is 26.1. The van der Waals surface area contributed by atoms with Crippen molar-refractivity contribution in [2.24, 2.45) is 0 Å². The predicted octanol–water partition coefficient (Wildman–Crippen LogP) is 5.65. The molecule has 0 aromatic heterocycles. The largest absolute Gasteiger partial charge is 0.147 e. The molecule has 0 unspecified atom stereocenters. The summed E-state index contributed by atoms with van der Waals surface area (Å²) < 4.78 is 5.73. The van der Waals surface area contributed by atoms with Crippen LogP contribution in [0.2, 0.25) is 31.4 Å². The van der Waals surface area contributed by atoms with Crippen molar-refractivity contribution in [3.05, 3.63) is 22.1 Å². The number of nitrogens with one attached hydrogen (secondary N) is 1. The first-order valence-electron chi connectivity index (χ1n) is 7.32. The van der Waals surface area contributed by atoms with Crippen LogP contribution in [0.4, 0.5) is 0 Å². The number of hydrogen-bond donors (Lipinski definition) is 1. The molecule has 0 saturated heterocycles. The number of hydrogen-bond acceptors (Lipinski definition) is 1. The van der Waals surface area contributed by atoms with Crippen molar-refractivity contribution in [1.29, 1.82) is 0 Å². The first-order chi connectivity index (χ1) is 6.93. The molecule has 0 aromatic carbocycles. The number of halogens is 2. The van der Waals surface area contributed by atoms with Crippen molar-refractivity contribution >= 4 is 32.4 Å². The SMILES string of the molecule is CC(C)(C)[NH][Ti]([CH3])([CH3])([CH3])([CH3])([CH3])([CH3])(=[SiH2])[C]1=CC=CC1.Cl.Cl. The van der Waals surface area contributed by atoms with E-state index in [2.05, 4.69) is 81.8 Å². The third-order valence-corrected chi connectivity index (χ3v) is 18.8. The van der Waals surface area contributed by atoms with Crippen molar-refractivity contribution in [2.75, 3.05) is 0 Å². The Bertz CT molecular complexity index is 668. The summed E-state index contributed by atoms with van der Waals surface area (Å²) in [5.41, 5.74) is 0.0603. The fourth-order valence-electron chi connectivity index (χ4n) is 4.57. The van der Waals surface area contributed by atoms with Gasteiger partial charge < -0.3 is 0 Å². The zero-order valence-electron chi connectivity index (χ0n) is 15.0. The van der Waals surface area contributed by atoms with E-state index in [9.17, 15) is 0 Å². The van der Waals surface area contributed by atoms with Crippen LogP contribution in [0.1, 0.15) is 27.2 Å². The van der Waals surface area contributed by atoms with Crippen LogP contribution in [0.3, 0.4) is 0 Å². The van der Waals surface area contributed by atoms with Gasteiger partial charge in [-0.25, -0.2) is 0 Å². The van der Waals surface area contributed by atoms with Crippen LogP contribution in [0.5, 0.6) is 0 Å². The van der Waals surface area contributed by atoms with E-state index in [4.69, 9.17) is 0 Å². The van der Waals surface area contributed by atoms with Gasteiger partial charge in [-0.05, 0) is 0 Å². The predicted molar refractivity (Wildman–Crippen MR) is 103 cm³/mol. The molecule has 0 amide bonds. The molecule has 1 aliphatic rings. The maximum Gasteiger partial charge on any atom is -0.147 e. The van der Waals surface area contributed by atoms with E-state index in [1.807, 2.05) is 0 Å². The molecule has 0 aliphatic heterocycles. The maximum absolute atomic E-state index is 4.80. The van der Waals surface area contributed by atoms with Gasteiger partial charge in [0.1, 0.15) is 0 Å². The Kier molecular flexibility index (Phi) is 3.20. The number of rotatable bonds is 2. The second kappa shape index (κ2) is 2.76. The van der Waals surface area contributed by atoms with Crippen molar-refractivity contribution in [1.82, 2.24) is 3.80 Å². The summed E-state index contributed by atoms with van der Waals surface area (Å²) in [5.74, 6) is 0. The quantitative estimate of drug-likeness (QED) is 0.613. The van der Waals surface area contributed by atoms with Gasteiger partial charge in [0.2, 0.25) is 0 Å². The van der Waals surface area contributed by atoms with Crippen molar-refractivity contribution in [2.45, 2.75) is 64.1 Å². The molecule has 124 valence electrons. The average Bonchev–Trinajstić information content (AvgIpc) is 2.20. The van der Waals surface area contributed by atoms with Crippen LogP contribution in [0.15, 0.2) is 22.1 Å². The van der Waals surface area contributed by atoms with E-state index < -0.39 is 9.17 Å². The summed E-state index contributed by atoms with van der Waals surface area (Å²) in [6.07, 6.45) is 7.89. The van der Waals surface area contributed by atoms with E-state index in [0.29, 0.717) is 0 Å². The molecule has 0 saturated carbocycles. The second-order valence-electron chi connectivity index (χ2n) is 16.8. The molecular formula is C15H37Cl2NSiTi. The molecule has 1 aliphatic carbocycles. The van der Waals surface area contributed by atoms with Crippen LogP contribution in [0, 0.1) is 0 Å². The van der Waals surface area contributed by atoms with Gasteiger partial charge in [0.15, 0.2) is 0 Å². The van der Waals surface area contributed by atoms with Crippen LogP contribution in [-0.4, -0.2) is 13.2 Å². The van der Waals surface area contributed by atoms with Gasteiger partial charge in [-0.15, -0.1) is 24.8 Å². The summed E-state index contributed by atoms with van der Waals surface area (Å²) in [4.78, 5) is 0. The first-order valence-corrected chi connectivity index (χ1v) is 22.3. The zero-order valence-corrected chi connectivity index (χ0v) is 19.6. The Morgan fingerprint density at radius 2 is 1.40 bits per heavy atom. The molecule has 1 N–H and O–H groups in total. The minimum Gasteiger partial charge on any atom is -0.147 e. The third-order valence-electron chi connectivity index (χ3n) is 4.36. The van der Waals surface area contributed by atoms with Gasteiger partial charge in [-0.2, -0.15) is 0 Å². The molecule has 0 fully saturated rings. The van der Waals surface area contributed by atoms with Gasteiger partial charge in [0, 0.05) is 0 Å². The summed E-state index contributed by atoms with van der Waals surface area (Å²) in [5, 5.41) is 15.1. The summed E-state index contributed by atoms with van der Waals surface area (Å²) in [7, 11) is -2.58. The minimum absolute atomic E-state index is 0. The van der Waals surface area contributed by atoms with Gasteiger partial charge in [-0.1, -0.05) is 0 Å². The molecule has 0 bridgehead atoms. The molecule has 1 rings (SSSR count). The molecule has 0 atom stereocenters. The Hall–Kier alpha value is 0.951. The van der Waals surface area contributed by atoms with Crippen molar-refractivity contribution in [3.63, 3.8) is 0 Å². The monoisotopic (exact) mass is 377 g/mol. The van der Waals surface area contributed by atoms with Gasteiger partial charge in [0.05, 0.1) is 0 Å². The van der Waals surface area contributed by atoms with Crippen LogP contribution in [0.25, 0.3) is 0 Å². The summed E-state index contributed by atoms with van der Waals surface area (Å²) in [6, 6.07) is 0. The van der Waals surface area contributed by atoms with Crippen LogP contribution >= 0.6 is 24.8 Å². The molecule has 0 aromatic rings. The smallest absolute Gasteiger partial charge is 0.147 e. The van der Waals surface area contributed by atoms with E-state index in [1.54, 1.807) is 3.88 Å².